The van der Waals surface area contributed by atoms with E-state index >= 15 is 0 Å². The average Bonchev–Trinajstić information content (AvgIpc) is 3.24. The maximum Gasteiger partial charge on any atom is 0.266 e. The monoisotopic (exact) mass is 427 g/mol. The van der Waals surface area contributed by atoms with Gasteiger partial charge in [0.25, 0.3) is 5.91 Å². The maximum atomic E-state index is 12.8. The van der Waals surface area contributed by atoms with Crippen molar-refractivity contribution in [3.63, 3.8) is 0 Å². The minimum atomic E-state index is -3.44. The summed E-state index contributed by atoms with van der Waals surface area (Å²) in [6.07, 6.45) is 2.28. The molecule has 1 aliphatic heterocycles. The lowest BCUT2D eigenvalue weighted by Gasteiger charge is -2.18. The van der Waals surface area contributed by atoms with Crippen molar-refractivity contribution in [2.24, 2.45) is 4.99 Å². The number of aromatic nitrogens is 1. The van der Waals surface area contributed by atoms with E-state index < -0.39 is 22.0 Å². The van der Waals surface area contributed by atoms with Crippen molar-refractivity contribution in [3.05, 3.63) is 23.0 Å². The van der Waals surface area contributed by atoms with Gasteiger partial charge < -0.3 is 14.0 Å². The Balaban J connectivity index is 2.03. The fourth-order valence-corrected chi connectivity index (χ4v) is 5.56. The number of methoxy groups -OCH3 is 1. The summed E-state index contributed by atoms with van der Waals surface area (Å²) in [5.41, 5.74) is 0.934. The van der Waals surface area contributed by atoms with Crippen LogP contribution in [-0.2, 0) is 26.1 Å². The van der Waals surface area contributed by atoms with E-state index in [9.17, 15) is 13.2 Å². The van der Waals surface area contributed by atoms with Crippen molar-refractivity contribution in [3.8, 4) is 5.75 Å². The minimum absolute atomic E-state index is 0.360. The highest BCUT2D eigenvalue weighted by molar-refractivity contribution is 7.88. The molecule has 154 valence electrons. The Labute approximate surface area is 168 Å². The van der Waals surface area contributed by atoms with Crippen molar-refractivity contribution in [2.45, 2.75) is 32.4 Å². The zero-order valence-electron chi connectivity index (χ0n) is 16.3. The number of hydrogen-bond acceptors (Lipinski definition) is 6. The van der Waals surface area contributed by atoms with Crippen molar-refractivity contribution in [1.82, 2.24) is 8.87 Å². The van der Waals surface area contributed by atoms with Crippen LogP contribution in [0.2, 0.25) is 0 Å². The summed E-state index contributed by atoms with van der Waals surface area (Å²) in [6.45, 7) is 3.86. The zero-order valence-corrected chi connectivity index (χ0v) is 17.9. The normalized spacial score (nSPS) is 18.8. The zero-order chi connectivity index (χ0) is 20.3. The van der Waals surface area contributed by atoms with Crippen LogP contribution in [0, 0.1) is 0 Å². The SMILES string of the molecule is CCOc1ccc2c(c1)sc(=NC(=O)C1CCCN1S(C)(=O)=O)n2CCOC. The highest BCUT2D eigenvalue weighted by atomic mass is 32.2. The van der Waals surface area contributed by atoms with E-state index in [1.807, 2.05) is 29.7 Å². The molecule has 1 unspecified atom stereocenters. The molecule has 1 aromatic heterocycles. The van der Waals surface area contributed by atoms with Gasteiger partial charge in [-0.25, -0.2) is 8.42 Å². The molecule has 1 atom stereocenters. The highest BCUT2D eigenvalue weighted by Crippen LogP contribution is 2.24. The van der Waals surface area contributed by atoms with Gasteiger partial charge in [-0.15, -0.1) is 0 Å². The number of benzene rings is 1. The molecule has 1 fully saturated rings. The molecule has 0 spiro atoms. The lowest BCUT2D eigenvalue weighted by Crippen LogP contribution is -2.40. The van der Waals surface area contributed by atoms with Crippen LogP contribution in [-0.4, -0.2) is 62.4 Å². The largest absolute Gasteiger partial charge is 0.494 e. The molecule has 2 heterocycles. The smallest absolute Gasteiger partial charge is 0.266 e. The quantitative estimate of drug-likeness (QED) is 0.669. The molecule has 28 heavy (non-hydrogen) atoms. The second kappa shape index (κ2) is 8.73. The summed E-state index contributed by atoms with van der Waals surface area (Å²) in [5, 5.41) is 0. The van der Waals surface area contributed by atoms with Crippen LogP contribution < -0.4 is 9.54 Å². The van der Waals surface area contributed by atoms with Crippen molar-refractivity contribution >= 4 is 37.5 Å². The molecular formula is C18H25N3O5S2. The van der Waals surface area contributed by atoms with Crippen LogP contribution >= 0.6 is 11.3 Å². The molecule has 1 aliphatic rings. The Morgan fingerprint density at radius 1 is 1.39 bits per heavy atom. The van der Waals surface area contributed by atoms with Crippen molar-refractivity contribution < 1.29 is 22.7 Å². The van der Waals surface area contributed by atoms with Crippen LogP contribution in [0.3, 0.4) is 0 Å². The summed E-state index contributed by atoms with van der Waals surface area (Å²) in [7, 11) is -1.82. The van der Waals surface area contributed by atoms with Gasteiger partial charge in [-0.2, -0.15) is 9.30 Å². The van der Waals surface area contributed by atoms with E-state index in [0.29, 0.717) is 43.9 Å². The number of hydrogen-bond donors (Lipinski definition) is 0. The predicted octanol–water partition coefficient (Wildman–Crippen LogP) is 1.60. The van der Waals surface area contributed by atoms with Gasteiger partial charge in [-0.3, -0.25) is 4.79 Å². The first-order valence-electron chi connectivity index (χ1n) is 9.15. The number of carbonyl (C=O) groups is 1. The lowest BCUT2D eigenvalue weighted by molar-refractivity contribution is -0.121. The van der Waals surface area contributed by atoms with Gasteiger partial charge in [0.1, 0.15) is 11.8 Å². The van der Waals surface area contributed by atoms with Crippen molar-refractivity contribution in [1.29, 1.82) is 0 Å². The summed E-state index contributed by atoms with van der Waals surface area (Å²) >= 11 is 1.38. The van der Waals surface area contributed by atoms with Gasteiger partial charge in [0, 0.05) is 20.2 Å². The number of nitrogens with zero attached hydrogens (tertiary/aromatic N) is 3. The first-order chi connectivity index (χ1) is 13.3. The topological polar surface area (TPSA) is 90.2 Å². The maximum absolute atomic E-state index is 12.8. The highest BCUT2D eigenvalue weighted by Gasteiger charge is 2.36. The molecule has 0 aliphatic carbocycles. The van der Waals surface area contributed by atoms with Gasteiger partial charge in [0.15, 0.2) is 4.80 Å². The molecule has 3 rings (SSSR count). The fourth-order valence-electron chi connectivity index (χ4n) is 3.35. The van der Waals surface area contributed by atoms with Crippen LogP contribution in [0.1, 0.15) is 19.8 Å². The van der Waals surface area contributed by atoms with Crippen LogP contribution in [0.15, 0.2) is 23.2 Å². The van der Waals surface area contributed by atoms with E-state index in [0.717, 1.165) is 22.2 Å². The minimum Gasteiger partial charge on any atom is -0.494 e. The van der Waals surface area contributed by atoms with Gasteiger partial charge in [0.05, 0.1) is 29.7 Å². The summed E-state index contributed by atoms with van der Waals surface area (Å²) in [6, 6.07) is 5.02. The first kappa shape index (κ1) is 21.0. The van der Waals surface area contributed by atoms with Crippen molar-refractivity contribution in [2.75, 3.05) is 33.1 Å². The van der Waals surface area contributed by atoms with Gasteiger partial charge in [0.2, 0.25) is 10.0 Å². The molecule has 1 aromatic carbocycles. The second-order valence-corrected chi connectivity index (χ2v) is 9.52. The molecule has 2 aromatic rings. The first-order valence-corrected chi connectivity index (χ1v) is 11.8. The third-order valence-electron chi connectivity index (χ3n) is 4.60. The molecule has 0 N–H and O–H groups in total. The van der Waals surface area contributed by atoms with Gasteiger partial charge in [-0.1, -0.05) is 11.3 Å². The van der Waals surface area contributed by atoms with Crippen LogP contribution in [0.4, 0.5) is 0 Å². The third kappa shape index (κ3) is 4.45. The number of amides is 1. The molecule has 0 bridgehead atoms. The van der Waals surface area contributed by atoms with E-state index in [4.69, 9.17) is 9.47 Å². The van der Waals surface area contributed by atoms with E-state index in [2.05, 4.69) is 4.99 Å². The van der Waals surface area contributed by atoms with Crippen LogP contribution in [0.25, 0.3) is 10.2 Å². The average molecular weight is 428 g/mol. The number of ether oxygens (including phenoxy) is 2. The van der Waals surface area contributed by atoms with E-state index in [1.54, 1.807) is 7.11 Å². The molecule has 8 nitrogen and oxygen atoms in total. The number of sulfonamides is 1. The second-order valence-electron chi connectivity index (χ2n) is 6.57. The van der Waals surface area contributed by atoms with Gasteiger partial charge in [-0.05, 0) is 38.0 Å². The molecule has 1 saturated heterocycles. The molecule has 1 amide bonds. The Kier molecular flexibility index (Phi) is 6.54. The van der Waals surface area contributed by atoms with E-state index in [1.165, 1.54) is 15.6 Å². The number of rotatable bonds is 7. The molecule has 0 radical (unpaired) electrons. The molecular weight excluding hydrogens is 402 g/mol. The Hall–Kier alpha value is -1.75. The summed E-state index contributed by atoms with van der Waals surface area (Å²) < 4.78 is 38.8. The number of thiazole rings is 1. The third-order valence-corrected chi connectivity index (χ3v) is 6.93. The van der Waals surface area contributed by atoms with E-state index in [-0.39, 0.29) is 0 Å². The number of carbonyl (C=O) groups excluding carboxylic acids is 1. The standard InChI is InChI=1S/C18H25N3O5S2/c1-4-26-13-7-8-14-16(12-13)27-18(20(14)10-11-25-2)19-17(22)15-6-5-9-21(15)28(3,23)24/h7-8,12,15H,4-6,9-11H2,1-3H3. The summed E-state index contributed by atoms with van der Waals surface area (Å²) in [5.74, 6) is 0.331. The van der Waals surface area contributed by atoms with Crippen LogP contribution in [0.5, 0.6) is 5.75 Å². The predicted molar refractivity (Wildman–Crippen MR) is 108 cm³/mol. The number of fused-ring (bicyclic) bond motifs is 1. The Bertz CT molecular complexity index is 1030. The summed E-state index contributed by atoms with van der Waals surface area (Å²) in [4.78, 5) is 17.7. The fraction of sp³-hybridized carbons (Fsp3) is 0.556. The Morgan fingerprint density at radius 3 is 2.86 bits per heavy atom. The Morgan fingerprint density at radius 2 is 2.18 bits per heavy atom. The molecule has 10 heteroatoms. The molecule has 0 saturated carbocycles. The van der Waals surface area contributed by atoms with Gasteiger partial charge >= 0.3 is 0 Å². The lowest BCUT2D eigenvalue weighted by atomic mass is 10.2.